The van der Waals surface area contributed by atoms with Crippen LogP contribution in [0.1, 0.15) is 42.5 Å². The summed E-state index contributed by atoms with van der Waals surface area (Å²) >= 11 is 0. The van der Waals surface area contributed by atoms with Gasteiger partial charge in [-0.2, -0.15) is 0 Å². The second-order valence-corrected chi connectivity index (χ2v) is 5.50. The molecule has 20 heavy (non-hydrogen) atoms. The Morgan fingerprint density at radius 3 is 2.65 bits per heavy atom. The van der Waals surface area contributed by atoms with E-state index in [-0.39, 0.29) is 5.78 Å². The molecule has 104 valence electrons. The summed E-state index contributed by atoms with van der Waals surface area (Å²) < 4.78 is 5.67. The summed E-state index contributed by atoms with van der Waals surface area (Å²) in [6.45, 7) is 0. The number of nitrogens with zero attached hydrogens (tertiary/aromatic N) is 1. The smallest absolute Gasteiger partial charge is 0.196 e. The van der Waals surface area contributed by atoms with E-state index < -0.39 is 5.60 Å². The second-order valence-electron chi connectivity index (χ2n) is 5.50. The zero-order chi connectivity index (χ0) is 14.0. The van der Waals surface area contributed by atoms with Gasteiger partial charge in [0.1, 0.15) is 5.60 Å². The summed E-state index contributed by atoms with van der Waals surface area (Å²) in [5.74, 6) is 0.0870. The molecular formula is C17H19NO2. The quantitative estimate of drug-likeness (QED) is 0.796. The first-order valence-corrected chi connectivity index (χ1v) is 7.19. The molecule has 0 bridgehead atoms. The molecule has 1 aromatic heterocycles. The summed E-state index contributed by atoms with van der Waals surface area (Å²) in [5.41, 5.74) is 0.0381. The number of carbonyl (C=O) groups is 1. The van der Waals surface area contributed by atoms with E-state index in [9.17, 15) is 4.79 Å². The molecule has 1 aromatic carbocycles. The zero-order valence-electron chi connectivity index (χ0n) is 11.8. The maximum atomic E-state index is 13.0. The molecule has 0 saturated heterocycles. The van der Waals surface area contributed by atoms with E-state index in [2.05, 4.69) is 4.98 Å². The van der Waals surface area contributed by atoms with Crippen LogP contribution in [0.3, 0.4) is 0 Å². The van der Waals surface area contributed by atoms with E-state index >= 15 is 0 Å². The van der Waals surface area contributed by atoms with Crippen molar-refractivity contribution in [2.24, 2.45) is 0 Å². The first-order valence-electron chi connectivity index (χ1n) is 7.19. The Bertz CT molecular complexity index is 624. The SMILES string of the molecule is COC1(C(=O)c2cncc3ccccc23)CCCCC1. The van der Waals surface area contributed by atoms with Crippen molar-refractivity contribution in [2.75, 3.05) is 7.11 Å². The minimum Gasteiger partial charge on any atom is -0.370 e. The molecule has 3 rings (SSSR count). The first kappa shape index (κ1) is 13.3. The van der Waals surface area contributed by atoms with Gasteiger partial charge in [0.25, 0.3) is 0 Å². The van der Waals surface area contributed by atoms with Crippen molar-refractivity contribution >= 4 is 16.6 Å². The maximum absolute atomic E-state index is 13.0. The normalized spacial score (nSPS) is 18.1. The predicted molar refractivity (Wildman–Crippen MR) is 78.9 cm³/mol. The number of rotatable bonds is 3. The molecule has 0 atom stereocenters. The van der Waals surface area contributed by atoms with Gasteiger partial charge >= 0.3 is 0 Å². The molecule has 2 aromatic rings. The standard InChI is InChI=1S/C17H19NO2/c1-20-17(9-5-2-6-10-17)16(19)15-12-18-11-13-7-3-4-8-14(13)15/h3-4,7-8,11-12H,2,5-6,9-10H2,1H3. The van der Waals surface area contributed by atoms with Crippen LogP contribution in [-0.4, -0.2) is 23.5 Å². The van der Waals surface area contributed by atoms with Gasteiger partial charge in [0, 0.05) is 30.5 Å². The van der Waals surface area contributed by atoms with Crippen molar-refractivity contribution in [3.63, 3.8) is 0 Å². The minimum absolute atomic E-state index is 0.0870. The molecule has 3 nitrogen and oxygen atoms in total. The molecule has 1 heterocycles. The topological polar surface area (TPSA) is 39.2 Å². The van der Waals surface area contributed by atoms with Crippen molar-refractivity contribution in [3.05, 3.63) is 42.2 Å². The monoisotopic (exact) mass is 269 g/mol. The van der Waals surface area contributed by atoms with Gasteiger partial charge in [-0.1, -0.05) is 43.5 Å². The van der Waals surface area contributed by atoms with Crippen LogP contribution in [0, 0.1) is 0 Å². The summed E-state index contributed by atoms with van der Waals surface area (Å²) in [6.07, 6.45) is 8.39. The van der Waals surface area contributed by atoms with Crippen molar-refractivity contribution in [1.82, 2.24) is 4.98 Å². The van der Waals surface area contributed by atoms with E-state index in [1.165, 1.54) is 6.42 Å². The third kappa shape index (κ3) is 2.12. The lowest BCUT2D eigenvalue weighted by Crippen LogP contribution is -2.42. The largest absolute Gasteiger partial charge is 0.370 e. The van der Waals surface area contributed by atoms with Gasteiger partial charge < -0.3 is 4.74 Å². The molecule has 0 spiro atoms. The number of ether oxygens (including phenoxy) is 1. The third-order valence-corrected chi connectivity index (χ3v) is 4.38. The maximum Gasteiger partial charge on any atom is 0.196 e. The molecule has 0 unspecified atom stereocenters. The van der Waals surface area contributed by atoms with Crippen molar-refractivity contribution in [3.8, 4) is 0 Å². The predicted octanol–water partition coefficient (Wildman–Crippen LogP) is 3.77. The number of carbonyl (C=O) groups excluding carboxylic acids is 1. The van der Waals surface area contributed by atoms with Crippen molar-refractivity contribution < 1.29 is 9.53 Å². The fourth-order valence-electron chi connectivity index (χ4n) is 3.19. The molecule has 1 fully saturated rings. The van der Waals surface area contributed by atoms with Crippen LogP contribution in [0.25, 0.3) is 10.8 Å². The van der Waals surface area contributed by atoms with E-state index in [1.807, 2.05) is 24.3 Å². The fraction of sp³-hybridized carbons (Fsp3) is 0.412. The lowest BCUT2D eigenvalue weighted by molar-refractivity contribution is -0.0193. The third-order valence-electron chi connectivity index (χ3n) is 4.38. The highest BCUT2D eigenvalue weighted by atomic mass is 16.5. The van der Waals surface area contributed by atoms with E-state index in [4.69, 9.17) is 4.74 Å². The molecule has 1 aliphatic rings. The van der Waals surface area contributed by atoms with E-state index in [0.29, 0.717) is 5.56 Å². The number of methoxy groups -OCH3 is 1. The van der Waals surface area contributed by atoms with Crippen molar-refractivity contribution in [1.29, 1.82) is 0 Å². The van der Waals surface area contributed by atoms with Crippen LogP contribution in [0.2, 0.25) is 0 Å². The number of hydrogen-bond donors (Lipinski definition) is 0. The van der Waals surface area contributed by atoms with Crippen LogP contribution in [0.5, 0.6) is 0 Å². The molecular weight excluding hydrogens is 250 g/mol. The van der Waals surface area contributed by atoms with Crippen LogP contribution in [0.15, 0.2) is 36.7 Å². The Kier molecular flexibility index (Phi) is 3.53. The molecule has 1 saturated carbocycles. The minimum atomic E-state index is -0.649. The Morgan fingerprint density at radius 1 is 1.15 bits per heavy atom. The van der Waals surface area contributed by atoms with Gasteiger partial charge in [-0.3, -0.25) is 9.78 Å². The molecule has 0 radical (unpaired) electrons. The molecule has 0 aliphatic heterocycles. The van der Waals surface area contributed by atoms with Gasteiger partial charge in [-0.05, 0) is 18.2 Å². The summed E-state index contributed by atoms with van der Waals surface area (Å²) in [5, 5.41) is 1.97. The van der Waals surface area contributed by atoms with Crippen molar-refractivity contribution in [2.45, 2.75) is 37.7 Å². The number of ketones is 1. The van der Waals surface area contributed by atoms with Gasteiger partial charge in [-0.25, -0.2) is 0 Å². The Hall–Kier alpha value is -1.74. The summed E-state index contributed by atoms with van der Waals surface area (Å²) in [6, 6.07) is 7.89. The second kappa shape index (κ2) is 5.33. The van der Waals surface area contributed by atoms with E-state index in [1.54, 1.807) is 19.5 Å². The highest BCUT2D eigenvalue weighted by Crippen LogP contribution is 2.35. The van der Waals surface area contributed by atoms with Gasteiger partial charge in [0.15, 0.2) is 5.78 Å². The summed E-state index contributed by atoms with van der Waals surface area (Å²) in [4.78, 5) is 17.2. The highest BCUT2D eigenvalue weighted by molar-refractivity contribution is 6.11. The highest BCUT2D eigenvalue weighted by Gasteiger charge is 2.40. The molecule has 0 amide bonds. The van der Waals surface area contributed by atoms with Crippen LogP contribution in [0.4, 0.5) is 0 Å². The molecule has 3 heteroatoms. The van der Waals surface area contributed by atoms with E-state index in [0.717, 1.165) is 36.5 Å². The number of fused-ring (bicyclic) bond motifs is 1. The van der Waals surface area contributed by atoms with Gasteiger partial charge in [0.05, 0.1) is 0 Å². The number of pyridine rings is 1. The van der Waals surface area contributed by atoms with Crippen LogP contribution in [-0.2, 0) is 4.74 Å². The molecule has 1 aliphatic carbocycles. The Balaban J connectivity index is 2.08. The Morgan fingerprint density at radius 2 is 1.90 bits per heavy atom. The average Bonchev–Trinajstić information content (AvgIpc) is 2.54. The number of aromatic nitrogens is 1. The Labute approximate surface area is 119 Å². The van der Waals surface area contributed by atoms with Crippen LogP contribution >= 0.6 is 0 Å². The van der Waals surface area contributed by atoms with Gasteiger partial charge in [0.2, 0.25) is 0 Å². The number of benzene rings is 1. The number of hydrogen-bond acceptors (Lipinski definition) is 3. The average molecular weight is 269 g/mol. The van der Waals surface area contributed by atoms with Crippen LogP contribution < -0.4 is 0 Å². The van der Waals surface area contributed by atoms with Gasteiger partial charge in [-0.15, -0.1) is 0 Å². The zero-order valence-corrected chi connectivity index (χ0v) is 11.8. The fourth-order valence-corrected chi connectivity index (χ4v) is 3.19. The summed E-state index contributed by atoms with van der Waals surface area (Å²) in [7, 11) is 1.65. The molecule has 0 N–H and O–H groups in total. The lowest BCUT2D eigenvalue weighted by atomic mass is 9.79. The number of Topliss-reactive ketones (excluding diaryl/α,β-unsaturated/α-hetero) is 1. The lowest BCUT2D eigenvalue weighted by Gasteiger charge is -2.34. The first-order chi connectivity index (χ1) is 9.77.